The molecule has 1 aromatic heterocycles. The normalized spacial score (nSPS) is 14.9. The van der Waals surface area contributed by atoms with E-state index < -0.39 is 16.3 Å². The van der Waals surface area contributed by atoms with Crippen molar-refractivity contribution in [2.24, 2.45) is 5.73 Å². The van der Waals surface area contributed by atoms with Crippen LogP contribution in [0.2, 0.25) is 0 Å². The Kier molecular flexibility index (Phi) is 4.80. The molecule has 0 saturated heterocycles. The molecular formula is C10H15Cl2N3O2. The molecule has 1 atom stereocenters. The highest BCUT2D eigenvalue weighted by molar-refractivity contribution is 6.46. The summed E-state index contributed by atoms with van der Waals surface area (Å²) in [7, 11) is 0. The van der Waals surface area contributed by atoms with E-state index in [-0.39, 0.29) is 6.54 Å². The Morgan fingerprint density at radius 3 is 2.82 bits per heavy atom. The van der Waals surface area contributed by atoms with Crippen LogP contribution in [0.5, 0.6) is 0 Å². The largest absolute Gasteiger partial charge is 0.480 e. The molecule has 3 N–H and O–H groups in total. The molecule has 96 valence electrons. The van der Waals surface area contributed by atoms with Gasteiger partial charge in [-0.1, -0.05) is 13.3 Å². The molecule has 17 heavy (non-hydrogen) atoms. The van der Waals surface area contributed by atoms with Crippen LogP contribution in [0.4, 0.5) is 0 Å². The van der Waals surface area contributed by atoms with Crippen LogP contribution in [0.25, 0.3) is 0 Å². The number of rotatable bonds is 6. The Morgan fingerprint density at radius 2 is 2.35 bits per heavy atom. The van der Waals surface area contributed by atoms with E-state index in [0.29, 0.717) is 0 Å². The molecule has 0 radical (unpaired) electrons. The third kappa shape index (κ3) is 3.12. The van der Waals surface area contributed by atoms with Crippen molar-refractivity contribution in [1.82, 2.24) is 9.55 Å². The number of carbonyl (C=O) groups is 1. The van der Waals surface area contributed by atoms with Crippen LogP contribution in [-0.4, -0.2) is 31.0 Å². The third-order valence-corrected chi connectivity index (χ3v) is 3.30. The summed E-state index contributed by atoms with van der Waals surface area (Å²) in [6.45, 7) is 2.02. The highest BCUT2D eigenvalue weighted by Crippen LogP contribution is 2.21. The summed E-state index contributed by atoms with van der Waals surface area (Å²) in [5.74, 6) is -1.23. The van der Waals surface area contributed by atoms with E-state index >= 15 is 0 Å². The maximum absolute atomic E-state index is 11.1. The summed E-state index contributed by atoms with van der Waals surface area (Å²) in [4.78, 5) is 13.9. The van der Waals surface area contributed by atoms with Gasteiger partial charge in [0.2, 0.25) is 0 Å². The molecule has 1 unspecified atom stereocenters. The van der Waals surface area contributed by atoms with Gasteiger partial charge in [-0.3, -0.25) is 4.79 Å². The van der Waals surface area contributed by atoms with Gasteiger partial charge < -0.3 is 15.4 Å². The lowest BCUT2D eigenvalue weighted by Gasteiger charge is -2.26. The molecule has 0 aromatic carbocycles. The van der Waals surface area contributed by atoms with Crippen molar-refractivity contribution in [3.05, 3.63) is 18.2 Å². The van der Waals surface area contributed by atoms with E-state index in [1.807, 2.05) is 6.92 Å². The van der Waals surface area contributed by atoms with Crippen LogP contribution in [0, 0.1) is 0 Å². The van der Waals surface area contributed by atoms with Gasteiger partial charge in [-0.25, -0.2) is 4.98 Å². The van der Waals surface area contributed by atoms with Crippen molar-refractivity contribution in [3.63, 3.8) is 0 Å². The number of halogens is 2. The number of hydrogen-bond donors (Lipinski definition) is 2. The predicted octanol–water partition coefficient (Wildman–Crippen LogP) is 1.42. The molecule has 1 heterocycles. The van der Waals surface area contributed by atoms with E-state index in [4.69, 9.17) is 34.0 Å². The molecule has 0 aliphatic rings. The van der Waals surface area contributed by atoms with Gasteiger partial charge in [0.15, 0.2) is 5.54 Å². The number of nitrogens with zero attached hydrogens (tertiary/aromatic N) is 2. The molecule has 0 fully saturated rings. The van der Waals surface area contributed by atoms with Gasteiger partial charge in [0.25, 0.3) is 0 Å². The third-order valence-electron chi connectivity index (χ3n) is 2.52. The maximum Gasteiger partial charge on any atom is 0.328 e. The first-order valence-corrected chi connectivity index (χ1v) is 6.08. The topological polar surface area (TPSA) is 81.1 Å². The van der Waals surface area contributed by atoms with E-state index in [0.717, 1.165) is 18.5 Å². The molecule has 0 spiro atoms. The molecule has 1 rings (SSSR count). The monoisotopic (exact) mass is 279 g/mol. The number of alkyl halides is 2. The smallest absolute Gasteiger partial charge is 0.328 e. The first kappa shape index (κ1) is 14.3. The lowest BCUT2D eigenvalue weighted by molar-refractivity contribution is -0.143. The number of carboxylic acids is 1. The van der Waals surface area contributed by atoms with E-state index in [1.54, 1.807) is 10.8 Å². The number of imidazole rings is 1. The van der Waals surface area contributed by atoms with Crippen molar-refractivity contribution in [2.45, 2.75) is 36.7 Å². The van der Waals surface area contributed by atoms with Crippen molar-refractivity contribution < 1.29 is 9.90 Å². The highest BCUT2D eigenvalue weighted by atomic mass is 35.5. The number of nitrogens with two attached hydrogens (primary N) is 1. The minimum atomic E-state index is -1.72. The zero-order valence-electron chi connectivity index (χ0n) is 9.44. The van der Waals surface area contributed by atoms with Crippen LogP contribution in [-0.2, 0) is 17.8 Å². The minimum absolute atomic E-state index is 0.00463. The van der Waals surface area contributed by atoms with E-state index in [9.17, 15) is 4.79 Å². The van der Waals surface area contributed by atoms with E-state index in [1.165, 1.54) is 6.33 Å². The van der Waals surface area contributed by atoms with Gasteiger partial charge >= 0.3 is 5.97 Å². The van der Waals surface area contributed by atoms with Gasteiger partial charge in [-0.05, 0) is 6.42 Å². The van der Waals surface area contributed by atoms with Crippen LogP contribution < -0.4 is 5.73 Å². The molecule has 5 nitrogen and oxygen atoms in total. The number of hydrogen-bond acceptors (Lipinski definition) is 3. The SMILES string of the molecule is CCCc1cncn1CC(N)(C(=O)O)C(Cl)Cl. The first-order chi connectivity index (χ1) is 7.91. The summed E-state index contributed by atoms with van der Waals surface area (Å²) in [6.07, 6.45) is 4.95. The summed E-state index contributed by atoms with van der Waals surface area (Å²) in [5.41, 5.74) is 4.93. The molecule has 0 saturated carbocycles. The Morgan fingerprint density at radius 1 is 1.71 bits per heavy atom. The fourth-order valence-corrected chi connectivity index (χ4v) is 1.79. The van der Waals surface area contributed by atoms with Gasteiger partial charge in [-0.15, -0.1) is 23.2 Å². The molecule has 7 heteroatoms. The fraction of sp³-hybridized carbons (Fsp3) is 0.600. The Bertz CT molecular complexity index is 395. The second kappa shape index (κ2) is 5.71. The Balaban J connectivity index is 2.94. The van der Waals surface area contributed by atoms with Gasteiger partial charge in [0.1, 0.15) is 4.84 Å². The van der Waals surface area contributed by atoms with Crippen molar-refractivity contribution in [3.8, 4) is 0 Å². The lowest BCUT2D eigenvalue weighted by atomic mass is 10.0. The second-order valence-corrected chi connectivity index (χ2v) is 5.01. The van der Waals surface area contributed by atoms with Gasteiger partial charge in [-0.2, -0.15) is 0 Å². The quantitative estimate of drug-likeness (QED) is 0.772. The van der Waals surface area contributed by atoms with Crippen LogP contribution in [0.1, 0.15) is 19.0 Å². The first-order valence-electron chi connectivity index (χ1n) is 5.21. The maximum atomic E-state index is 11.1. The van der Waals surface area contributed by atoms with Crippen LogP contribution >= 0.6 is 23.2 Å². The van der Waals surface area contributed by atoms with Crippen LogP contribution in [0.15, 0.2) is 12.5 Å². The second-order valence-electron chi connectivity index (χ2n) is 3.91. The Labute approximate surface area is 110 Å². The zero-order valence-corrected chi connectivity index (χ0v) is 10.9. The van der Waals surface area contributed by atoms with Crippen molar-refractivity contribution in [2.75, 3.05) is 0 Å². The summed E-state index contributed by atoms with van der Waals surface area (Å²) >= 11 is 11.3. The molecule has 1 aromatic rings. The van der Waals surface area contributed by atoms with Crippen LogP contribution in [0.3, 0.4) is 0 Å². The number of carboxylic acid groups (broad SMARTS) is 1. The number of aryl methyl sites for hydroxylation is 1. The highest BCUT2D eigenvalue weighted by Gasteiger charge is 2.41. The zero-order chi connectivity index (χ0) is 13.1. The van der Waals surface area contributed by atoms with Gasteiger partial charge in [0, 0.05) is 11.9 Å². The summed E-state index contributed by atoms with van der Waals surface area (Å²) in [5, 5.41) is 9.09. The molecule has 0 aliphatic carbocycles. The fourth-order valence-electron chi connectivity index (χ4n) is 1.47. The standard InChI is InChI=1S/C10H15Cl2N3O2/c1-2-3-7-4-14-6-15(7)5-10(13,8(11)12)9(16)17/h4,6,8H,2-3,5,13H2,1H3,(H,16,17). The lowest BCUT2D eigenvalue weighted by Crippen LogP contribution is -2.56. The van der Waals surface area contributed by atoms with Crippen molar-refractivity contribution in [1.29, 1.82) is 0 Å². The summed E-state index contributed by atoms with van der Waals surface area (Å²) in [6, 6.07) is 0. The predicted molar refractivity (Wildman–Crippen MR) is 66.3 cm³/mol. The van der Waals surface area contributed by atoms with E-state index in [2.05, 4.69) is 4.98 Å². The molecule has 0 bridgehead atoms. The molecule has 0 amide bonds. The number of aliphatic carboxylic acids is 1. The molecule has 0 aliphatic heterocycles. The average Bonchev–Trinajstić information content (AvgIpc) is 2.65. The van der Waals surface area contributed by atoms with Crippen molar-refractivity contribution >= 4 is 29.2 Å². The number of aromatic nitrogens is 2. The summed E-state index contributed by atoms with van der Waals surface area (Å²) < 4.78 is 1.68. The van der Waals surface area contributed by atoms with Gasteiger partial charge in [0.05, 0.1) is 12.9 Å². The molecular weight excluding hydrogens is 265 g/mol. The Hall–Kier alpha value is -0.780. The average molecular weight is 280 g/mol. The minimum Gasteiger partial charge on any atom is -0.480 e.